The molecule has 0 heterocycles. The molecule has 3 N–H and O–H groups in total. The van der Waals surface area contributed by atoms with Crippen molar-refractivity contribution in [3.8, 4) is 0 Å². The van der Waals surface area contributed by atoms with Gasteiger partial charge in [-0.3, -0.25) is 4.79 Å². The van der Waals surface area contributed by atoms with Crippen LogP contribution >= 0.6 is 0 Å². The summed E-state index contributed by atoms with van der Waals surface area (Å²) in [6.07, 6.45) is 0.370. The van der Waals surface area contributed by atoms with Gasteiger partial charge in [0.25, 0.3) is 0 Å². The van der Waals surface area contributed by atoms with Crippen molar-refractivity contribution in [3.05, 3.63) is 30.3 Å². The topological polar surface area (TPSA) is 55.1 Å². The number of hydrogen-bond donors (Lipinski definition) is 2. The summed E-state index contributed by atoms with van der Waals surface area (Å²) >= 11 is 0. The molecule has 0 bridgehead atoms. The number of amides is 1. The maximum Gasteiger partial charge on any atom is 0.225 e. The minimum Gasteiger partial charge on any atom is -0.330 e. The summed E-state index contributed by atoms with van der Waals surface area (Å²) < 4.78 is 0. The molecule has 1 amide bonds. The minimum absolute atomic E-state index is 0.0382. The van der Waals surface area contributed by atoms with E-state index in [1.807, 2.05) is 30.3 Å². The first-order valence-corrected chi connectivity index (χ1v) is 3.88. The molecule has 64 valence electrons. The van der Waals surface area contributed by atoms with E-state index >= 15 is 0 Å². The number of nitrogens with one attached hydrogen (secondary N) is 1. The normalized spacial score (nSPS) is 9.42. The molecule has 12 heavy (non-hydrogen) atoms. The van der Waals surface area contributed by atoms with Gasteiger partial charge < -0.3 is 11.1 Å². The molecule has 1 rings (SSSR count). The fourth-order valence-electron chi connectivity index (χ4n) is 0.876. The van der Waals surface area contributed by atoms with Crippen LogP contribution in [0.3, 0.4) is 0 Å². The number of hydrogen-bond acceptors (Lipinski definition) is 2. The second-order valence-corrected chi connectivity index (χ2v) is 2.45. The van der Waals surface area contributed by atoms with Crippen molar-refractivity contribution < 1.29 is 4.79 Å². The van der Waals surface area contributed by atoms with E-state index in [1.54, 1.807) is 0 Å². The summed E-state index contributed by atoms with van der Waals surface area (Å²) in [5, 5.41) is 2.72. The van der Waals surface area contributed by atoms with Gasteiger partial charge in [-0.25, -0.2) is 0 Å². The van der Waals surface area contributed by atoms with Crippen molar-refractivity contribution in [2.24, 2.45) is 5.73 Å². The lowest BCUT2D eigenvalue weighted by molar-refractivity contribution is -0.116. The van der Waals surface area contributed by atoms with E-state index < -0.39 is 0 Å². The van der Waals surface area contributed by atoms with E-state index in [4.69, 9.17) is 5.73 Å². The first-order chi connectivity index (χ1) is 5.83. The average molecular weight is 164 g/mol. The smallest absolute Gasteiger partial charge is 0.225 e. The maximum atomic E-state index is 11.0. The molecule has 3 heteroatoms. The predicted octanol–water partition coefficient (Wildman–Crippen LogP) is 0.974. The number of para-hydroxylation sites is 1. The van der Waals surface area contributed by atoms with Gasteiger partial charge >= 0.3 is 0 Å². The Balaban J connectivity index is 2.47. The Morgan fingerprint density at radius 1 is 1.33 bits per heavy atom. The molecule has 0 atom stereocenters. The number of carbonyl (C=O) groups excluding carboxylic acids is 1. The van der Waals surface area contributed by atoms with Gasteiger partial charge in [-0.15, -0.1) is 0 Å². The van der Waals surface area contributed by atoms with Crippen molar-refractivity contribution in [2.45, 2.75) is 6.42 Å². The first-order valence-electron chi connectivity index (χ1n) is 3.88. The predicted molar refractivity (Wildman–Crippen MR) is 48.7 cm³/mol. The summed E-state index contributed by atoms with van der Waals surface area (Å²) in [5.74, 6) is -0.0382. The Morgan fingerprint density at radius 3 is 2.58 bits per heavy atom. The molecule has 0 radical (unpaired) electrons. The molecule has 1 aromatic carbocycles. The zero-order valence-electron chi connectivity index (χ0n) is 6.79. The van der Waals surface area contributed by atoms with Crippen LogP contribution in [0.2, 0.25) is 0 Å². The molecule has 0 saturated heterocycles. The van der Waals surface area contributed by atoms with Crippen molar-refractivity contribution in [2.75, 3.05) is 11.9 Å². The average Bonchev–Trinajstić information content (AvgIpc) is 2.06. The standard InChI is InChI=1S/C9H12N2O/c10-7-6-9(12)11-8-4-2-1-3-5-8/h1-5H,6-7,10H2,(H,11,12). The zero-order valence-corrected chi connectivity index (χ0v) is 6.79. The highest BCUT2D eigenvalue weighted by atomic mass is 16.1. The highest BCUT2D eigenvalue weighted by molar-refractivity contribution is 5.90. The quantitative estimate of drug-likeness (QED) is 0.699. The van der Waals surface area contributed by atoms with Crippen LogP contribution in [0, 0.1) is 0 Å². The molecule has 0 aliphatic heterocycles. The van der Waals surface area contributed by atoms with Crippen LogP contribution in [0.1, 0.15) is 6.42 Å². The maximum absolute atomic E-state index is 11.0. The van der Waals surface area contributed by atoms with Crippen molar-refractivity contribution in [1.29, 1.82) is 0 Å². The Hall–Kier alpha value is -1.35. The van der Waals surface area contributed by atoms with Gasteiger partial charge in [0.15, 0.2) is 0 Å². The third-order valence-electron chi connectivity index (χ3n) is 1.43. The van der Waals surface area contributed by atoms with Gasteiger partial charge in [0.2, 0.25) is 5.91 Å². The monoisotopic (exact) mass is 164 g/mol. The molecular formula is C9H12N2O. The number of anilines is 1. The summed E-state index contributed by atoms with van der Waals surface area (Å²) in [6.45, 7) is 0.388. The Kier molecular flexibility index (Phi) is 3.29. The lowest BCUT2D eigenvalue weighted by atomic mass is 10.3. The fourth-order valence-corrected chi connectivity index (χ4v) is 0.876. The van der Waals surface area contributed by atoms with E-state index in [1.165, 1.54) is 0 Å². The van der Waals surface area contributed by atoms with Crippen LogP contribution in [-0.4, -0.2) is 12.5 Å². The van der Waals surface area contributed by atoms with Gasteiger partial charge in [-0.2, -0.15) is 0 Å². The second-order valence-electron chi connectivity index (χ2n) is 2.45. The highest BCUT2D eigenvalue weighted by Gasteiger charge is 1.98. The van der Waals surface area contributed by atoms with E-state index in [2.05, 4.69) is 5.32 Å². The third-order valence-corrected chi connectivity index (χ3v) is 1.43. The van der Waals surface area contributed by atoms with E-state index in [0.29, 0.717) is 13.0 Å². The first kappa shape index (κ1) is 8.74. The van der Waals surface area contributed by atoms with Gasteiger partial charge in [0, 0.05) is 18.7 Å². The van der Waals surface area contributed by atoms with Gasteiger partial charge in [-0.1, -0.05) is 18.2 Å². The summed E-state index contributed by atoms with van der Waals surface area (Å²) in [6, 6.07) is 9.33. The Labute approximate surface area is 71.6 Å². The molecule has 0 saturated carbocycles. The molecule has 0 aliphatic carbocycles. The zero-order chi connectivity index (χ0) is 8.81. The van der Waals surface area contributed by atoms with Crippen LogP contribution in [0.25, 0.3) is 0 Å². The molecule has 0 fully saturated rings. The fraction of sp³-hybridized carbons (Fsp3) is 0.222. The van der Waals surface area contributed by atoms with E-state index in [0.717, 1.165) is 5.69 Å². The van der Waals surface area contributed by atoms with Crippen LogP contribution in [0.4, 0.5) is 5.69 Å². The lowest BCUT2D eigenvalue weighted by Crippen LogP contribution is -2.15. The Bertz CT molecular complexity index is 246. The number of carbonyl (C=O) groups is 1. The molecule has 1 aromatic rings. The van der Waals surface area contributed by atoms with Gasteiger partial charge in [0.05, 0.1) is 0 Å². The van der Waals surface area contributed by atoms with Crippen molar-refractivity contribution in [3.63, 3.8) is 0 Å². The second kappa shape index (κ2) is 4.51. The molecule has 0 spiro atoms. The van der Waals surface area contributed by atoms with E-state index in [9.17, 15) is 4.79 Å². The van der Waals surface area contributed by atoms with Crippen LogP contribution in [-0.2, 0) is 4.79 Å². The van der Waals surface area contributed by atoms with Crippen LogP contribution in [0.15, 0.2) is 30.3 Å². The summed E-state index contributed by atoms with van der Waals surface area (Å²) in [5.41, 5.74) is 6.04. The molecule has 0 unspecified atom stereocenters. The number of benzene rings is 1. The minimum atomic E-state index is -0.0382. The van der Waals surface area contributed by atoms with E-state index in [-0.39, 0.29) is 5.91 Å². The van der Waals surface area contributed by atoms with Crippen LogP contribution < -0.4 is 11.1 Å². The molecule has 3 nitrogen and oxygen atoms in total. The van der Waals surface area contributed by atoms with Gasteiger partial charge in [-0.05, 0) is 12.1 Å². The lowest BCUT2D eigenvalue weighted by Gasteiger charge is -2.02. The van der Waals surface area contributed by atoms with Crippen molar-refractivity contribution >= 4 is 11.6 Å². The number of nitrogens with two attached hydrogens (primary N) is 1. The highest BCUT2D eigenvalue weighted by Crippen LogP contribution is 2.04. The summed E-state index contributed by atoms with van der Waals surface area (Å²) in [4.78, 5) is 11.0. The van der Waals surface area contributed by atoms with Gasteiger partial charge in [0.1, 0.15) is 0 Å². The van der Waals surface area contributed by atoms with Crippen molar-refractivity contribution in [1.82, 2.24) is 0 Å². The third kappa shape index (κ3) is 2.72. The SMILES string of the molecule is NCCC(=O)Nc1ccccc1. The summed E-state index contributed by atoms with van der Waals surface area (Å²) in [7, 11) is 0. The largest absolute Gasteiger partial charge is 0.330 e. The number of rotatable bonds is 3. The molecule has 0 aliphatic rings. The molecular weight excluding hydrogens is 152 g/mol. The molecule has 0 aromatic heterocycles. The van der Waals surface area contributed by atoms with Crippen LogP contribution in [0.5, 0.6) is 0 Å². The Morgan fingerprint density at radius 2 is 2.00 bits per heavy atom.